The molecule has 142 valence electrons. The normalized spacial score (nSPS) is 27.4. The molecule has 4 unspecified atom stereocenters. The van der Waals surface area contributed by atoms with E-state index in [0.717, 1.165) is 36.5 Å². The summed E-state index contributed by atoms with van der Waals surface area (Å²) >= 11 is 0. The first kappa shape index (κ1) is 18.3. The Morgan fingerprint density at radius 1 is 0.889 bits per heavy atom. The van der Waals surface area contributed by atoms with E-state index < -0.39 is 23.3 Å². The number of rotatable bonds is 2. The number of allylic oxidation sites excluding steroid dienone is 2. The highest BCUT2D eigenvalue weighted by atomic mass is 19.2. The van der Waals surface area contributed by atoms with E-state index in [2.05, 4.69) is 6.08 Å². The highest BCUT2D eigenvalue weighted by Crippen LogP contribution is 2.54. The summed E-state index contributed by atoms with van der Waals surface area (Å²) in [5, 5.41) is 0. The summed E-state index contributed by atoms with van der Waals surface area (Å²) in [5.41, 5.74) is 2.15. The number of fused-ring (bicyclic) bond motifs is 3. The lowest BCUT2D eigenvalue weighted by atomic mass is 9.58. The molecule has 0 N–H and O–H groups in total. The van der Waals surface area contributed by atoms with Gasteiger partial charge in [-0.1, -0.05) is 18.2 Å². The molecule has 1 saturated carbocycles. The second kappa shape index (κ2) is 7.14. The molecule has 0 spiro atoms. The van der Waals surface area contributed by atoms with Crippen LogP contribution in [-0.4, -0.2) is 0 Å². The minimum Gasteiger partial charge on any atom is -0.207 e. The second-order valence-corrected chi connectivity index (χ2v) is 7.73. The molecule has 0 aromatic heterocycles. The number of hydrogen-bond acceptors (Lipinski definition) is 0. The zero-order chi connectivity index (χ0) is 19.1. The predicted octanol–water partition coefficient (Wildman–Crippen LogP) is 6.66. The molecular formula is C23H22F4. The van der Waals surface area contributed by atoms with E-state index in [9.17, 15) is 17.6 Å². The first-order chi connectivity index (χ1) is 13.0. The molecule has 2 aliphatic carbocycles. The van der Waals surface area contributed by atoms with E-state index >= 15 is 0 Å². The van der Waals surface area contributed by atoms with Crippen LogP contribution in [0, 0.1) is 35.1 Å². The smallest absolute Gasteiger partial charge is 0.159 e. The van der Waals surface area contributed by atoms with Crippen LogP contribution in [0.25, 0.3) is 0 Å². The van der Waals surface area contributed by atoms with Gasteiger partial charge in [-0.2, -0.15) is 0 Å². The van der Waals surface area contributed by atoms with Gasteiger partial charge in [-0.25, -0.2) is 17.6 Å². The molecule has 0 aliphatic heterocycles. The summed E-state index contributed by atoms with van der Waals surface area (Å²) in [4.78, 5) is 0. The van der Waals surface area contributed by atoms with Gasteiger partial charge in [0.1, 0.15) is 11.6 Å². The molecule has 2 aromatic rings. The fourth-order valence-corrected chi connectivity index (χ4v) is 5.31. The lowest BCUT2D eigenvalue weighted by Gasteiger charge is -2.46. The Balaban J connectivity index is 1.79. The van der Waals surface area contributed by atoms with E-state index in [-0.39, 0.29) is 23.7 Å². The van der Waals surface area contributed by atoms with Crippen LogP contribution >= 0.6 is 0 Å². The molecule has 2 aromatic carbocycles. The van der Waals surface area contributed by atoms with Crippen molar-refractivity contribution in [3.05, 3.63) is 82.4 Å². The van der Waals surface area contributed by atoms with Crippen LogP contribution in [0.3, 0.4) is 0 Å². The Kier molecular flexibility index (Phi) is 4.83. The van der Waals surface area contributed by atoms with Gasteiger partial charge in [-0.15, -0.1) is 0 Å². The lowest BCUT2D eigenvalue weighted by molar-refractivity contribution is 0.193. The third-order valence-corrected chi connectivity index (χ3v) is 6.34. The highest BCUT2D eigenvalue weighted by molar-refractivity contribution is 5.38. The third kappa shape index (κ3) is 3.19. The molecule has 0 amide bonds. The summed E-state index contributed by atoms with van der Waals surface area (Å²) in [6, 6.07) is 6.55. The van der Waals surface area contributed by atoms with Crippen LogP contribution in [0.4, 0.5) is 17.6 Å². The van der Waals surface area contributed by atoms with Crippen LogP contribution < -0.4 is 0 Å². The second-order valence-electron chi connectivity index (χ2n) is 7.73. The van der Waals surface area contributed by atoms with E-state index in [0.29, 0.717) is 12.0 Å². The first-order valence-corrected chi connectivity index (χ1v) is 9.55. The van der Waals surface area contributed by atoms with E-state index in [1.54, 1.807) is 6.07 Å². The molecule has 0 bridgehead atoms. The van der Waals surface area contributed by atoms with Gasteiger partial charge in [-0.3, -0.25) is 0 Å². The molecule has 0 nitrogen and oxygen atoms in total. The summed E-state index contributed by atoms with van der Waals surface area (Å²) in [5.74, 6) is -2.31. The molecule has 1 fully saturated rings. The monoisotopic (exact) mass is 374 g/mol. The molecule has 0 heterocycles. The van der Waals surface area contributed by atoms with Crippen molar-refractivity contribution in [2.75, 3.05) is 0 Å². The number of hydrogen-bond donors (Lipinski definition) is 0. The maximum atomic E-state index is 14.3. The Morgan fingerprint density at radius 2 is 1.70 bits per heavy atom. The first-order valence-electron chi connectivity index (χ1n) is 9.55. The van der Waals surface area contributed by atoms with Crippen molar-refractivity contribution in [1.29, 1.82) is 0 Å². The van der Waals surface area contributed by atoms with Crippen molar-refractivity contribution < 1.29 is 17.6 Å². The molecule has 0 saturated heterocycles. The number of halogens is 4. The van der Waals surface area contributed by atoms with E-state index in [4.69, 9.17) is 0 Å². The van der Waals surface area contributed by atoms with Gasteiger partial charge >= 0.3 is 0 Å². The standard InChI is InChI=1S/C23H22F4/c1-2-3-13-4-6-16-18(23(13)14-5-9-20(25)22(27)10-14)8-7-17-19(16)11-15(24)12-21(17)26/h2-3,5,9-13,16,18,23H,4,6-8H2,1H3. The van der Waals surface area contributed by atoms with E-state index in [1.807, 2.05) is 13.0 Å². The quantitative estimate of drug-likeness (QED) is 0.407. The molecule has 27 heavy (non-hydrogen) atoms. The van der Waals surface area contributed by atoms with Gasteiger partial charge in [0, 0.05) is 6.07 Å². The summed E-state index contributed by atoms with van der Waals surface area (Å²) in [6.45, 7) is 1.95. The van der Waals surface area contributed by atoms with E-state index in [1.165, 1.54) is 18.2 Å². The van der Waals surface area contributed by atoms with Gasteiger partial charge in [0.2, 0.25) is 0 Å². The van der Waals surface area contributed by atoms with Crippen molar-refractivity contribution in [1.82, 2.24) is 0 Å². The predicted molar refractivity (Wildman–Crippen MR) is 97.5 cm³/mol. The largest absolute Gasteiger partial charge is 0.207 e. The van der Waals surface area contributed by atoms with Crippen LogP contribution in [0.15, 0.2) is 42.5 Å². The third-order valence-electron chi connectivity index (χ3n) is 6.34. The maximum absolute atomic E-state index is 14.3. The fraction of sp³-hybridized carbons (Fsp3) is 0.391. The van der Waals surface area contributed by atoms with Crippen molar-refractivity contribution in [2.45, 2.75) is 44.4 Å². The van der Waals surface area contributed by atoms with Gasteiger partial charge in [0.25, 0.3) is 0 Å². The molecule has 4 rings (SSSR count). The molecule has 2 aliphatic rings. The Morgan fingerprint density at radius 3 is 2.44 bits per heavy atom. The van der Waals surface area contributed by atoms with Crippen LogP contribution in [-0.2, 0) is 6.42 Å². The topological polar surface area (TPSA) is 0 Å². The van der Waals surface area contributed by atoms with Crippen LogP contribution in [0.5, 0.6) is 0 Å². The van der Waals surface area contributed by atoms with Crippen LogP contribution in [0.1, 0.15) is 54.7 Å². The fourth-order valence-electron chi connectivity index (χ4n) is 5.31. The average molecular weight is 374 g/mol. The molecule has 4 heteroatoms. The Labute approximate surface area is 156 Å². The molecule has 0 radical (unpaired) electrons. The van der Waals surface area contributed by atoms with Gasteiger partial charge in [0.05, 0.1) is 0 Å². The summed E-state index contributed by atoms with van der Waals surface area (Å²) in [7, 11) is 0. The lowest BCUT2D eigenvalue weighted by Crippen LogP contribution is -2.35. The summed E-state index contributed by atoms with van der Waals surface area (Å²) < 4.78 is 55.5. The average Bonchev–Trinajstić information content (AvgIpc) is 2.64. The van der Waals surface area contributed by atoms with Gasteiger partial charge in [-0.05, 0) is 91.2 Å². The maximum Gasteiger partial charge on any atom is 0.159 e. The Bertz CT molecular complexity index is 886. The van der Waals surface area contributed by atoms with Gasteiger partial charge in [0.15, 0.2) is 11.6 Å². The molecule has 4 atom stereocenters. The van der Waals surface area contributed by atoms with Gasteiger partial charge < -0.3 is 0 Å². The minimum absolute atomic E-state index is 0.00882. The van der Waals surface area contributed by atoms with Crippen LogP contribution in [0.2, 0.25) is 0 Å². The number of benzene rings is 2. The van der Waals surface area contributed by atoms with Crippen molar-refractivity contribution in [3.8, 4) is 0 Å². The van der Waals surface area contributed by atoms with Crippen molar-refractivity contribution >= 4 is 0 Å². The zero-order valence-electron chi connectivity index (χ0n) is 15.2. The summed E-state index contributed by atoms with van der Waals surface area (Å²) in [6.07, 6.45) is 7.13. The zero-order valence-corrected chi connectivity index (χ0v) is 15.2. The van der Waals surface area contributed by atoms with Crippen molar-refractivity contribution in [3.63, 3.8) is 0 Å². The van der Waals surface area contributed by atoms with Crippen molar-refractivity contribution in [2.24, 2.45) is 11.8 Å². The molecular weight excluding hydrogens is 352 g/mol. The SMILES string of the molecule is CC=CC1CCC2c3cc(F)cc(F)c3CCC2C1c1ccc(F)c(F)c1. The minimum atomic E-state index is -0.855. The highest BCUT2D eigenvalue weighted by Gasteiger charge is 2.43. The Hall–Kier alpha value is -2.10.